The number of imidazole rings is 1. The Morgan fingerprint density at radius 1 is 1.24 bits per heavy atom. The summed E-state index contributed by atoms with van der Waals surface area (Å²) in [5.41, 5.74) is 0.964. The Bertz CT molecular complexity index is 1060. The molecule has 1 atom stereocenters. The molecule has 0 bridgehead atoms. The van der Waals surface area contributed by atoms with Crippen molar-refractivity contribution in [3.05, 3.63) is 28.7 Å². The quantitative estimate of drug-likeness (QED) is 0.627. The van der Waals surface area contributed by atoms with Gasteiger partial charge in [-0.1, -0.05) is 31.5 Å². The van der Waals surface area contributed by atoms with Crippen molar-refractivity contribution in [2.45, 2.75) is 44.4 Å². The summed E-state index contributed by atoms with van der Waals surface area (Å²) in [4.78, 5) is 36.7. The number of nitriles is 1. The molecule has 2 aromatic rings. The van der Waals surface area contributed by atoms with Crippen LogP contribution in [0.1, 0.15) is 31.7 Å². The van der Waals surface area contributed by atoms with Crippen molar-refractivity contribution >= 4 is 29.6 Å². The van der Waals surface area contributed by atoms with E-state index < -0.39 is 11.9 Å². The van der Waals surface area contributed by atoms with E-state index in [1.807, 2.05) is 12.1 Å². The molecule has 3 heterocycles. The zero-order chi connectivity index (χ0) is 20.5. The van der Waals surface area contributed by atoms with Crippen LogP contribution in [0, 0.1) is 17.1 Å². The van der Waals surface area contributed by atoms with E-state index in [1.165, 1.54) is 9.13 Å². The highest BCUT2D eigenvalue weighted by atomic mass is 16.5. The first kappa shape index (κ1) is 19.3. The molecule has 2 aliphatic heterocycles. The summed E-state index contributed by atoms with van der Waals surface area (Å²) in [5, 5.41) is 11.4. The first-order valence-corrected chi connectivity index (χ1v) is 10.1. The lowest BCUT2D eigenvalue weighted by molar-refractivity contribution is -0.135. The van der Waals surface area contributed by atoms with Gasteiger partial charge in [0.1, 0.15) is 17.3 Å². The van der Waals surface area contributed by atoms with E-state index in [9.17, 15) is 14.4 Å². The number of fused-ring (bicyclic) bond motifs is 1. The van der Waals surface area contributed by atoms with Crippen molar-refractivity contribution in [1.29, 1.82) is 5.26 Å². The minimum Gasteiger partial charge on any atom is -0.491 e. The van der Waals surface area contributed by atoms with Gasteiger partial charge in [-0.15, -0.1) is 0 Å². The van der Waals surface area contributed by atoms with Crippen molar-refractivity contribution in [2.75, 3.05) is 6.61 Å². The van der Waals surface area contributed by atoms with Crippen LogP contribution >= 0.6 is 0 Å². The normalized spacial score (nSPS) is 20.6. The van der Waals surface area contributed by atoms with E-state index in [4.69, 9.17) is 10.00 Å². The van der Waals surface area contributed by atoms with Crippen LogP contribution in [-0.4, -0.2) is 34.3 Å². The summed E-state index contributed by atoms with van der Waals surface area (Å²) in [6.07, 6.45) is 4.24. The Hall–Kier alpha value is -3.02. The number of nitrogens with one attached hydrogen (secondary N) is 1. The number of hydrogen-bond acceptors (Lipinski definition) is 5. The molecule has 1 N–H and O–H groups in total. The van der Waals surface area contributed by atoms with Gasteiger partial charge in [0.2, 0.25) is 11.8 Å². The number of rotatable bonds is 4. The Labute approximate surface area is 168 Å². The van der Waals surface area contributed by atoms with Crippen molar-refractivity contribution in [2.24, 2.45) is 13.0 Å². The molecule has 0 saturated carbocycles. The number of ether oxygens (including phenoxy) is 1. The molecule has 2 saturated heterocycles. The van der Waals surface area contributed by atoms with Gasteiger partial charge in [-0.3, -0.25) is 24.0 Å². The zero-order valence-electron chi connectivity index (χ0n) is 16.4. The fraction of sp³-hybridized carbons (Fsp3) is 0.500. The maximum Gasteiger partial charge on any atom is 0.329 e. The van der Waals surface area contributed by atoms with Gasteiger partial charge in [0.15, 0.2) is 0 Å². The average molecular weight is 394 g/mol. The number of aromatic nitrogens is 2. The van der Waals surface area contributed by atoms with Crippen LogP contribution in [0.25, 0.3) is 11.0 Å². The molecule has 0 spiro atoms. The van der Waals surface area contributed by atoms with E-state index in [0.29, 0.717) is 35.7 Å². The second-order valence-corrected chi connectivity index (χ2v) is 7.96. The van der Waals surface area contributed by atoms with Crippen LogP contribution in [0.4, 0.5) is 0 Å². The smallest absolute Gasteiger partial charge is 0.329 e. The second-order valence-electron chi connectivity index (χ2n) is 7.96. The highest BCUT2D eigenvalue weighted by Gasteiger charge is 2.32. The molecule has 8 nitrogen and oxygen atoms in total. The molecule has 9 heteroatoms. The van der Waals surface area contributed by atoms with E-state index in [2.05, 4.69) is 11.3 Å². The van der Waals surface area contributed by atoms with E-state index in [-0.39, 0.29) is 24.7 Å². The number of amides is 2. The van der Waals surface area contributed by atoms with Gasteiger partial charge in [0.05, 0.1) is 12.1 Å². The molecule has 1 unspecified atom stereocenters. The maximum atomic E-state index is 12.9. The standard InChI is InChI=1S/C20H23BN4O4/c1-24-18-14(25(20(24)28)15-5-6-17(26)23-19(15)27)3-2-4-16(18)29-11-13-7-9-21(12-22)10-8-13/h2-4,13,15H,5-11H2,1H3,(H,23,26,27). The molecule has 1 aromatic heterocycles. The molecular formula is C20H23BN4O4. The van der Waals surface area contributed by atoms with Gasteiger partial charge in [-0.25, -0.2) is 10.1 Å². The first-order valence-electron chi connectivity index (χ1n) is 10.1. The maximum absolute atomic E-state index is 12.9. The van der Waals surface area contributed by atoms with Gasteiger partial charge in [-0.05, 0) is 24.5 Å². The third-order valence-electron chi connectivity index (χ3n) is 6.09. The number of nitrogens with zero attached hydrogens (tertiary/aromatic N) is 3. The number of aryl methyl sites for hydroxylation is 1. The number of benzene rings is 1. The Morgan fingerprint density at radius 3 is 2.69 bits per heavy atom. The van der Waals surface area contributed by atoms with E-state index in [0.717, 1.165) is 25.5 Å². The molecule has 0 aliphatic carbocycles. The van der Waals surface area contributed by atoms with Crippen LogP contribution in [0.3, 0.4) is 0 Å². The van der Waals surface area contributed by atoms with Gasteiger partial charge < -0.3 is 4.74 Å². The Balaban J connectivity index is 1.61. The lowest BCUT2D eigenvalue weighted by atomic mass is 9.42. The van der Waals surface area contributed by atoms with Crippen LogP contribution in [0.2, 0.25) is 12.6 Å². The molecule has 29 heavy (non-hydrogen) atoms. The number of carbonyl (C=O) groups is 2. The van der Waals surface area contributed by atoms with E-state index >= 15 is 0 Å². The van der Waals surface area contributed by atoms with Crippen LogP contribution < -0.4 is 15.7 Å². The number of imide groups is 1. The summed E-state index contributed by atoms with van der Waals surface area (Å²) in [5.74, 6) is 2.58. The highest BCUT2D eigenvalue weighted by Crippen LogP contribution is 2.30. The molecule has 4 rings (SSSR count). The second kappa shape index (κ2) is 7.78. The van der Waals surface area contributed by atoms with Crippen LogP contribution in [-0.2, 0) is 16.6 Å². The topological polar surface area (TPSA) is 106 Å². The number of carbonyl (C=O) groups excluding carboxylic acids is 2. The van der Waals surface area contributed by atoms with Crippen molar-refractivity contribution in [1.82, 2.24) is 14.5 Å². The first-order chi connectivity index (χ1) is 14.0. The lowest BCUT2D eigenvalue weighted by Crippen LogP contribution is -2.44. The summed E-state index contributed by atoms with van der Waals surface area (Å²) < 4.78 is 9.06. The molecule has 2 fully saturated rings. The summed E-state index contributed by atoms with van der Waals surface area (Å²) in [7, 11) is 1.66. The minimum atomic E-state index is -0.708. The predicted octanol–water partition coefficient (Wildman–Crippen LogP) is 1.66. The van der Waals surface area contributed by atoms with Gasteiger partial charge >= 0.3 is 5.69 Å². The predicted molar refractivity (Wildman–Crippen MR) is 108 cm³/mol. The Morgan fingerprint density at radius 2 is 2.00 bits per heavy atom. The van der Waals surface area contributed by atoms with Crippen LogP contribution in [0.5, 0.6) is 5.75 Å². The monoisotopic (exact) mass is 394 g/mol. The van der Waals surface area contributed by atoms with Gasteiger partial charge in [-0.2, -0.15) is 0 Å². The van der Waals surface area contributed by atoms with E-state index in [1.54, 1.807) is 13.1 Å². The van der Waals surface area contributed by atoms with Gasteiger partial charge in [0.25, 0.3) is 6.71 Å². The Kier molecular flexibility index (Phi) is 5.18. The van der Waals surface area contributed by atoms with Crippen molar-refractivity contribution in [3.63, 3.8) is 0 Å². The largest absolute Gasteiger partial charge is 0.491 e. The number of hydrogen-bond donors (Lipinski definition) is 1. The van der Waals surface area contributed by atoms with Gasteiger partial charge in [0, 0.05) is 19.4 Å². The molecular weight excluding hydrogens is 371 g/mol. The SMILES string of the molecule is Cn1c(=O)n(C2CCC(=O)NC2=O)c2cccc(OCC3CCB(C#N)CC3)c21. The third-order valence-corrected chi connectivity index (χ3v) is 6.09. The summed E-state index contributed by atoms with van der Waals surface area (Å²) >= 11 is 0. The van der Waals surface area contributed by atoms with Crippen LogP contribution in [0.15, 0.2) is 23.0 Å². The zero-order valence-corrected chi connectivity index (χ0v) is 16.4. The molecule has 0 radical (unpaired) electrons. The average Bonchev–Trinajstić information content (AvgIpc) is 2.98. The molecule has 2 aliphatic rings. The molecule has 150 valence electrons. The fourth-order valence-electron chi connectivity index (χ4n) is 4.41. The fourth-order valence-corrected chi connectivity index (χ4v) is 4.41. The number of piperidine rings is 1. The summed E-state index contributed by atoms with van der Waals surface area (Å²) in [6, 6.07) is 4.73. The van der Waals surface area contributed by atoms with Crippen molar-refractivity contribution < 1.29 is 14.3 Å². The lowest BCUT2D eigenvalue weighted by Gasteiger charge is -2.23. The molecule has 2 amide bonds. The minimum absolute atomic E-state index is 0.151. The number of para-hydroxylation sites is 1. The van der Waals surface area contributed by atoms with Crippen molar-refractivity contribution in [3.8, 4) is 11.7 Å². The molecule has 1 aromatic carbocycles. The third kappa shape index (κ3) is 3.55. The summed E-state index contributed by atoms with van der Waals surface area (Å²) in [6.45, 7) is 0.688. The highest BCUT2D eigenvalue weighted by molar-refractivity contribution is 6.67.